The molecule has 1 fully saturated rings. The molecule has 4 rings (SSSR count). The molecule has 0 saturated carbocycles. The van der Waals surface area contributed by atoms with Crippen LogP contribution in [-0.4, -0.2) is 37.0 Å². The van der Waals surface area contributed by atoms with Crippen molar-refractivity contribution in [1.29, 1.82) is 0 Å². The molecule has 0 bridgehead atoms. The number of nitrogens with zero attached hydrogens (tertiary/aromatic N) is 1. The molecule has 136 valence electrons. The van der Waals surface area contributed by atoms with Gasteiger partial charge in [-0.1, -0.05) is 36.4 Å². The second-order valence-corrected chi connectivity index (χ2v) is 7.86. The third-order valence-corrected chi connectivity index (χ3v) is 6.02. The van der Waals surface area contributed by atoms with Crippen LogP contribution in [0.1, 0.15) is 39.9 Å². The van der Waals surface area contributed by atoms with Crippen LogP contribution in [0.3, 0.4) is 0 Å². The molecule has 2 aromatic carbocycles. The fourth-order valence-electron chi connectivity index (χ4n) is 4.39. The lowest BCUT2D eigenvalue weighted by atomic mass is 9.92. The number of piperidine rings is 1. The van der Waals surface area contributed by atoms with Gasteiger partial charge in [0.1, 0.15) is 0 Å². The summed E-state index contributed by atoms with van der Waals surface area (Å²) in [6.45, 7) is 2.27. The van der Waals surface area contributed by atoms with Gasteiger partial charge in [0.2, 0.25) is 0 Å². The number of hydrogen-bond donors (Lipinski definition) is 1. The fourth-order valence-corrected chi connectivity index (χ4v) is 4.39. The SMILES string of the molecule is CN(C(=O)c1ccc(CC2CCCNC2)cc1)C1Cc2ccccc2C1. The van der Waals surface area contributed by atoms with Crippen LogP contribution < -0.4 is 5.32 Å². The van der Waals surface area contributed by atoms with Gasteiger partial charge in [0.05, 0.1) is 0 Å². The van der Waals surface area contributed by atoms with Crippen LogP contribution in [0.2, 0.25) is 0 Å². The molecule has 2 aliphatic rings. The van der Waals surface area contributed by atoms with Gasteiger partial charge in [-0.05, 0) is 79.9 Å². The average molecular weight is 348 g/mol. The Labute approximate surface area is 156 Å². The van der Waals surface area contributed by atoms with Gasteiger partial charge in [0.15, 0.2) is 0 Å². The highest BCUT2D eigenvalue weighted by Gasteiger charge is 2.27. The van der Waals surface area contributed by atoms with Gasteiger partial charge in [-0.25, -0.2) is 0 Å². The standard InChI is InChI=1S/C23H28N2O/c1-25(22-14-20-6-2-3-7-21(20)15-22)23(26)19-10-8-17(9-11-19)13-18-5-4-12-24-16-18/h2-3,6-11,18,22,24H,4-5,12-16H2,1H3. The highest BCUT2D eigenvalue weighted by molar-refractivity contribution is 5.94. The lowest BCUT2D eigenvalue weighted by Gasteiger charge is -2.25. The molecule has 0 spiro atoms. The van der Waals surface area contributed by atoms with Gasteiger partial charge in [0, 0.05) is 18.7 Å². The second-order valence-electron chi connectivity index (χ2n) is 7.86. The van der Waals surface area contributed by atoms with Gasteiger partial charge in [-0.15, -0.1) is 0 Å². The summed E-state index contributed by atoms with van der Waals surface area (Å²) >= 11 is 0. The van der Waals surface area contributed by atoms with Crippen molar-refractivity contribution in [3.05, 3.63) is 70.8 Å². The molecule has 1 amide bonds. The summed E-state index contributed by atoms with van der Waals surface area (Å²) in [7, 11) is 1.94. The van der Waals surface area contributed by atoms with E-state index in [2.05, 4.69) is 41.7 Å². The van der Waals surface area contributed by atoms with Crippen molar-refractivity contribution in [3.63, 3.8) is 0 Å². The Hall–Kier alpha value is -2.13. The van der Waals surface area contributed by atoms with Crippen LogP contribution >= 0.6 is 0 Å². The quantitative estimate of drug-likeness (QED) is 0.918. The highest BCUT2D eigenvalue weighted by atomic mass is 16.2. The van der Waals surface area contributed by atoms with E-state index in [1.165, 1.54) is 29.5 Å². The molecule has 1 aliphatic carbocycles. The summed E-state index contributed by atoms with van der Waals surface area (Å²) in [5.74, 6) is 0.860. The topological polar surface area (TPSA) is 32.3 Å². The number of hydrogen-bond acceptors (Lipinski definition) is 2. The maximum absolute atomic E-state index is 12.9. The smallest absolute Gasteiger partial charge is 0.253 e. The molecule has 26 heavy (non-hydrogen) atoms. The van der Waals surface area contributed by atoms with Crippen LogP contribution in [0.5, 0.6) is 0 Å². The van der Waals surface area contributed by atoms with Gasteiger partial charge in [-0.3, -0.25) is 4.79 Å². The van der Waals surface area contributed by atoms with Crippen molar-refractivity contribution in [2.24, 2.45) is 5.92 Å². The minimum Gasteiger partial charge on any atom is -0.338 e. The van der Waals surface area contributed by atoms with Crippen molar-refractivity contribution < 1.29 is 4.79 Å². The average Bonchev–Trinajstić information content (AvgIpc) is 3.12. The summed E-state index contributed by atoms with van der Waals surface area (Å²) in [4.78, 5) is 14.8. The van der Waals surface area contributed by atoms with Crippen molar-refractivity contribution >= 4 is 5.91 Å². The molecular weight excluding hydrogens is 320 g/mol. The molecule has 3 nitrogen and oxygen atoms in total. The molecule has 1 N–H and O–H groups in total. The number of carbonyl (C=O) groups is 1. The van der Waals surface area contributed by atoms with E-state index in [0.29, 0.717) is 0 Å². The number of fused-ring (bicyclic) bond motifs is 1. The van der Waals surface area contributed by atoms with E-state index in [4.69, 9.17) is 0 Å². The van der Waals surface area contributed by atoms with E-state index in [0.717, 1.165) is 43.8 Å². The molecule has 1 unspecified atom stereocenters. The van der Waals surface area contributed by atoms with E-state index in [-0.39, 0.29) is 11.9 Å². The molecule has 1 atom stereocenters. The maximum Gasteiger partial charge on any atom is 0.253 e. The Morgan fingerprint density at radius 3 is 2.38 bits per heavy atom. The number of carbonyl (C=O) groups excluding carboxylic acids is 1. The molecule has 1 saturated heterocycles. The predicted molar refractivity (Wildman–Crippen MR) is 105 cm³/mol. The highest BCUT2D eigenvalue weighted by Crippen LogP contribution is 2.26. The van der Waals surface area contributed by atoms with Crippen LogP contribution in [0.25, 0.3) is 0 Å². The number of nitrogens with one attached hydrogen (secondary N) is 1. The zero-order chi connectivity index (χ0) is 17.9. The summed E-state index contributed by atoms with van der Waals surface area (Å²) in [5, 5.41) is 3.48. The van der Waals surface area contributed by atoms with Crippen LogP contribution in [0.15, 0.2) is 48.5 Å². The summed E-state index contributed by atoms with van der Waals surface area (Å²) in [5.41, 5.74) is 4.90. The van der Waals surface area contributed by atoms with Crippen LogP contribution in [0, 0.1) is 5.92 Å². The number of amides is 1. The Balaban J connectivity index is 1.38. The lowest BCUT2D eigenvalue weighted by molar-refractivity contribution is 0.0737. The maximum atomic E-state index is 12.9. The minimum atomic E-state index is 0.133. The summed E-state index contributed by atoms with van der Waals surface area (Å²) < 4.78 is 0. The summed E-state index contributed by atoms with van der Waals surface area (Å²) in [6.07, 6.45) is 5.61. The molecule has 1 heterocycles. The largest absolute Gasteiger partial charge is 0.338 e. The lowest BCUT2D eigenvalue weighted by Crippen LogP contribution is -2.37. The third-order valence-electron chi connectivity index (χ3n) is 6.02. The van der Waals surface area contributed by atoms with Gasteiger partial charge in [-0.2, -0.15) is 0 Å². The van der Waals surface area contributed by atoms with Gasteiger partial charge in [0.25, 0.3) is 5.91 Å². The first-order valence-electron chi connectivity index (χ1n) is 9.84. The monoisotopic (exact) mass is 348 g/mol. The van der Waals surface area contributed by atoms with Crippen molar-refractivity contribution in [1.82, 2.24) is 10.2 Å². The number of likely N-dealkylation sites (N-methyl/N-ethyl adjacent to an activating group) is 1. The molecule has 1 aliphatic heterocycles. The van der Waals surface area contributed by atoms with Gasteiger partial charge >= 0.3 is 0 Å². The first-order valence-corrected chi connectivity index (χ1v) is 9.84. The molecule has 3 heteroatoms. The Kier molecular flexibility index (Phi) is 5.07. The van der Waals surface area contributed by atoms with E-state index < -0.39 is 0 Å². The third kappa shape index (κ3) is 3.68. The van der Waals surface area contributed by atoms with E-state index in [1.807, 2.05) is 24.1 Å². The van der Waals surface area contributed by atoms with Gasteiger partial charge < -0.3 is 10.2 Å². The Morgan fingerprint density at radius 1 is 1.08 bits per heavy atom. The first kappa shape index (κ1) is 17.3. The molecule has 2 aromatic rings. The zero-order valence-corrected chi connectivity index (χ0v) is 15.6. The van der Waals surface area contributed by atoms with E-state index >= 15 is 0 Å². The Morgan fingerprint density at radius 2 is 1.77 bits per heavy atom. The second kappa shape index (κ2) is 7.63. The molecular formula is C23H28N2O. The van der Waals surface area contributed by atoms with Crippen LogP contribution in [-0.2, 0) is 19.3 Å². The first-order chi connectivity index (χ1) is 12.7. The number of rotatable bonds is 4. The molecule has 0 radical (unpaired) electrons. The minimum absolute atomic E-state index is 0.133. The molecule has 0 aromatic heterocycles. The summed E-state index contributed by atoms with van der Waals surface area (Å²) in [6, 6.07) is 17.1. The van der Waals surface area contributed by atoms with Crippen molar-refractivity contribution in [3.8, 4) is 0 Å². The fraction of sp³-hybridized carbons (Fsp3) is 0.435. The van der Waals surface area contributed by atoms with Crippen LogP contribution in [0.4, 0.5) is 0 Å². The normalized spacial score (nSPS) is 20.0. The number of benzene rings is 2. The van der Waals surface area contributed by atoms with E-state index in [1.54, 1.807) is 0 Å². The Bertz CT molecular complexity index is 737. The van der Waals surface area contributed by atoms with Crippen molar-refractivity contribution in [2.45, 2.75) is 38.1 Å². The predicted octanol–water partition coefficient (Wildman–Crippen LogP) is 3.47. The van der Waals surface area contributed by atoms with E-state index in [9.17, 15) is 4.79 Å². The zero-order valence-electron chi connectivity index (χ0n) is 15.6. The van der Waals surface area contributed by atoms with Crippen molar-refractivity contribution in [2.75, 3.05) is 20.1 Å².